The molecule has 4 heteroatoms. The van der Waals surface area contributed by atoms with Crippen LogP contribution in [0.4, 0.5) is 0 Å². The highest BCUT2D eigenvalue weighted by molar-refractivity contribution is 5.82. The Bertz CT molecular complexity index is 400. The molecule has 1 heterocycles. The molecule has 1 amide bonds. The summed E-state index contributed by atoms with van der Waals surface area (Å²) in [6.45, 7) is 5.31. The summed E-state index contributed by atoms with van der Waals surface area (Å²) < 4.78 is 0. The van der Waals surface area contributed by atoms with Crippen molar-refractivity contribution in [3.05, 3.63) is 35.4 Å². The third kappa shape index (κ3) is 3.55. The zero-order valence-corrected chi connectivity index (χ0v) is 10.8. The van der Waals surface area contributed by atoms with Crippen molar-refractivity contribution in [3.8, 4) is 0 Å². The Hall–Kier alpha value is -1.39. The lowest BCUT2D eigenvalue weighted by Crippen LogP contribution is -2.55. The lowest BCUT2D eigenvalue weighted by molar-refractivity contribution is -0.123. The summed E-state index contributed by atoms with van der Waals surface area (Å²) in [7, 11) is 0. The van der Waals surface area contributed by atoms with Gasteiger partial charge in [0, 0.05) is 26.2 Å². The Morgan fingerprint density at radius 2 is 2.22 bits per heavy atom. The molecule has 1 saturated heterocycles. The topological polar surface area (TPSA) is 53.2 Å². The lowest BCUT2D eigenvalue weighted by Gasteiger charge is -2.23. The van der Waals surface area contributed by atoms with Crippen molar-refractivity contribution in [2.24, 2.45) is 0 Å². The second-order valence-electron chi connectivity index (χ2n) is 4.68. The van der Waals surface area contributed by atoms with E-state index in [9.17, 15) is 4.79 Å². The largest absolute Gasteiger partial charge is 0.354 e. The van der Waals surface area contributed by atoms with Crippen LogP contribution in [0.5, 0.6) is 0 Å². The normalized spacial score (nSPS) is 19.5. The van der Waals surface area contributed by atoms with Gasteiger partial charge < -0.3 is 16.0 Å². The SMILES string of the molecule is Cc1ccccc1CCNC(=O)C1CNCCN1. The Balaban J connectivity index is 1.75. The molecule has 0 spiro atoms. The molecular weight excluding hydrogens is 226 g/mol. The average molecular weight is 247 g/mol. The predicted octanol–water partition coefficient (Wildman–Crippen LogP) is 0.215. The molecule has 4 nitrogen and oxygen atoms in total. The molecule has 1 atom stereocenters. The lowest BCUT2D eigenvalue weighted by atomic mass is 10.1. The van der Waals surface area contributed by atoms with Gasteiger partial charge in [-0.25, -0.2) is 0 Å². The highest BCUT2D eigenvalue weighted by Gasteiger charge is 2.19. The first kappa shape index (κ1) is 13.1. The minimum Gasteiger partial charge on any atom is -0.354 e. The fourth-order valence-corrected chi connectivity index (χ4v) is 2.17. The fourth-order valence-electron chi connectivity index (χ4n) is 2.17. The van der Waals surface area contributed by atoms with E-state index in [0.717, 1.165) is 26.1 Å². The summed E-state index contributed by atoms with van der Waals surface area (Å²) in [6.07, 6.45) is 0.887. The molecule has 1 aromatic rings. The number of hydrogen-bond donors (Lipinski definition) is 3. The maximum absolute atomic E-state index is 11.9. The van der Waals surface area contributed by atoms with Crippen LogP contribution >= 0.6 is 0 Å². The molecule has 98 valence electrons. The number of amides is 1. The molecule has 1 aromatic carbocycles. The van der Waals surface area contributed by atoms with E-state index >= 15 is 0 Å². The van der Waals surface area contributed by atoms with Crippen LogP contribution in [0.2, 0.25) is 0 Å². The highest BCUT2D eigenvalue weighted by atomic mass is 16.2. The molecular formula is C14H21N3O. The van der Waals surface area contributed by atoms with Gasteiger partial charge in [-0.3, -0.25) is 4.79 Å². The van der Waals surface area contributed by atoms with Crippen LogP contribution in [-0.4, -0.2) is 38.1 Å². The molecule has 1 unspecified atom stereocenters. The van der Waals surface area contributed by atoms with E-state index < -0.39 is 0 Å². The highest BCUT2D eigenvalue weighted by Crippen LogP contribution is 2.06. The predicted molar refractivity (Wildman–Crippen MR) is 72.6 cm³/mol. The molecule has 1 fully saturated rings. The molecule has 1 aliphatic rings. The van der Waals surface area contributed by atoms with E-state index in [4.69, 9.17) is 0 Å². The Morgan fingerprint density at radius 1 is 1.39 bits per heavy atom. The number of carbonyl (C=O) groups excluding carboxylic acids is 1. The van der Waals surface area contributed by atoms with Gasteiger partial charge in [-0.15, -0.1) is 0 Å². The van der Waals surface area contributed by atoms with Gasteiger partial charge in [0.25, 0.3) is 0 Å². The van der Waals surface area contributed by atoms with Gasteiger partial charge in [-0.1, -0.05) is 24.3 Å². The number of benzene rings is 1. The maximum atomic E-state index is 11.9. The van der Waals surface area contributed by atoms with E-state index in [0.29, 0.717) is 6.54 Å². The number of nitrogens with one attached hydrogen (secondary N) is 3. The number of hydrogen-bond acceptors (Lipinski definition) is 3. The van der Waals surface area contributed by atoms with Crippen LogP contribution in [0.25, 0.3) is 0 Å². The van der Waals surface area contributed by atoms with Crippen LogP contribution in [0.15, 0.2) is 24.3 Å². The molecule has 0 aliphatic carbocycles. The Kier molecular flexibility index (Phi) is 4.73. The van der Waals surface area contributed by atoms with Crippen molar-refractivity contribution >= 4 is 5.91 Å². The van der Waals surface area contributed by atoms with Crippen LogP contribution < -0.4 is 16.0 Å². The second-order valence-corrected chi connectivity index (χ2v) is 4.68. The number of piperazine rings is 1. The van der Waals surface area contributed by atoms with Gasteiger partial charge in [0.05, 0.1) is 6.04 Å². The van der Waals surface area contributed by atoms with Crippen molar-refractivity contribution in [2.75, 3.05) is 26.2 Å². The zero-order valence-electron chi connectivity index (χ0n) is 10.8. The molecule has 0 aromatic heterocycles. The molecule has 2 rings (SSSR count). The molecule has 0 radical (unpaired) electrons. The van der Waals surface area contributed by atoms with Gasteiger partial charge in [0.1, 0.15) is 0 Å². The molecule has 1 aliphatic heterocycles. The smallest absolute Gasteiger partial charge is 0.238 e. The fraction of sp³-hybridized carbons (Fsp3) is 0.500. The number of aryl methyl sites for hydroxylation is 1. The first-order chi connectivity index (χ1) is 8.77. The standard InChI is InChI=1S/C14H21N3O/c1-11-4-2-3-5-12(11)6-7-17-14(18)13-10-15-8-9-16-13/h2-5,13,15-16H,6-10H2,1H3,(H,17,18). The van der Waals surface area contributed by atoms with E-state index in [1.807, 2.05) is 12.1 Å². The van der Waals surface area contributed by atoms with Gasteiger partial charge in [-0.2, -0.15) is 0 Å². The van der Waals surface area contributed by atoms with Crippen molar-refractivity contribution in [1.82, 2.24) is 16.0 Å². The quantitative estimate of drug-likeness (QED) is 0.713. The van der Waals surface area contributed by atoms with Crippen molar-refractivity contribution in [3.63, 3.8) is 0 Å². The summed E-state index contributed by atoms with van der Waals surface area (Å²) in [5.74, 6) is 0.0933. The summed E-state index contributed by atoms with van der Waals surface area (Å²) in [6, 6.07) is 8.20. The zero-order chi connectivity index (χ0) is 12.8. The average Bonchev–Trinajstić information content (AvgIpc) is 2.42. The third-order valence-electron chi connectivity index (χ3n) is 3.31. The minimum atomic E-state index is -0.0874. The Labute approximate surface area is 108 Å². The number of carbonyl (C=O) groups is 1. The second kappa shape index (κ2) is 6.52. The van der Waals surface area contributed by atoms with Crippen molar-refractivity contribution < 1.29 is 4.79 Å². The molecule has 0 bridgehead atoms. The first-order valence-corrected chi connectivity index (χ1v) is 6.53. The van der Waals surface area contributed by atoms with Crippen molar-refractivity contribution in [1.29, 1.82) is 0 Å². The summed E-state index contributed by atoms with van der Waals surface area (Å²) in [5, 5.41) is 9.40. The molecule has 3 N–H and O–H groups in total. The van der Waals surface area contributed by atoms with Crippen LogP contribution in [0.1, 0.15) is 11.1 Å². The molecule has 18 heavy (non-hydrogen) atoms. The van der Waals surface area contributed by atoms with E-state index in [1.54, 1.807) is 0 Å². The van der Waals surface area contributed by atoms with Gasteiger partial charge >= 0.3 is 0 Å². The monoisotopic (exact) mass is 247 g/mol. The maximum Gasteiger partial charge on any atom is 0.238 e. The van der Waals surface area contributed by atoms with Gasteiger partial charge in [0.15, 0.2) is 0 Å². The van der Waals surface area contributed by atoms with E-state index in [-0.39, 0.29) is 11.9 Å². The van der Waals surface area contributed by atoms with Crippen LogP contribution in [-0.2, 0) is 11.2 Å². The minimum absolute atomic E-state index is 0.0874. The Morgan fingerprint density at radius 3 is 2.94 bits per heavy atom. The van der Waals surface area contributed by atoms with Gasteiger partial charge in [-0.05, 0) is 24.5 Å². The van der Waals surface area contributed by atoms with E-state index in [2.05, 4.69) is 35.0 Å². The van der Waals surface area contributed by atoms with Crippen LogP contribution in [0.3, 0.4) is 0 Å². The summed E-state index contributed by atoms with van der Waals surface area (Å²) in [4.78, 5) is 11.9. The van der Waals surface area contributed by atoms with E-state index in [1.165, 1.54) is 11.1 Å². The summed E-state index contributed by atoms with van der Waals surface area (Å²) in [5.41, 5.74) is 2.58. The third-order valence-corrected chi connectivity index (χ3v) is 3.31. The van der Waals surface area contributed by atoms with Crippen LogP contribution in [0, 0.1) is 6.92 Å². The number of rotatable bonds is 4. The summed E-state index contributed by atoms with van der Waals surface area (Å²) >= 11 is 0. The first-order valence-electron chi connectivity index (χ1n) is 6.53. The van der Waals surface area contributed by atoms with Gasteiger partial charge in [0.2, 0.25) is 5.91 Å². The van der Waals surface area contributed by atoms with Crippen molar-refractivity contribution in [2.45, 2.75) is 19.4 Å². The molecule has 0 saturated carbocycles.